The predicted molar refractivity (Wildman–Crippen MR) is 46.9 cm³/mol. The van der Waals surface area contributed by atoms with Gasteiger partial charge in [0, 0.05) is 0 Å². The van der Waals surface area contributed by atoms with Gasteiger partial charge in [-0.2, -0.15) is 0 Å². The molecule has 70 valence electrons. The fraction of sp³-hybridized carbons (Fsp3) is 0.889. The highest BCUT2D eigenvalue weighted by Crippen LogP contribution is 2.29. The van der Waals surface area contributed by atoms with Crippen molar-refractivity contribution in [1.29, 1.82) is 0 Å². The minimum absolute atomic E-state index is 0.178. The number of amides is 1. The maximum atomic E-state index is 10.8. The summed E-state index contributed by atoms with van der Waals surface area (Å²) in [6.45, 7) is 9.16. The van der Waals surface area contributed by atoms with Crippen LogP contribution < -0.4 is 5.32 Å². The third-order valence-electron chi connectivity index (χ3n) is 2.67. The molecule has 0 aromatic rings. The molecule has 1 aliphatic rings. The van der Waals surface area contributed by atoms with Gasteiger partial charge in [-0.15, -0.1) is 0 Å². The van der Waals surface area contributed by atoms with Crippen molar-refractivity contribution >= 4 is 6.09 Å². The Morgan fingerprint density at radius 2 is 2.17 bits per heavy atom. The number of hydrogen-bond donors (Lipinski definition) is 1. The molecule has 0 bridgehead atoms. The predicted octanol–water partition coefficient (Wildman–Crippen LogP) is 1.78. The van der Waals surface area contributed by atoms with E-state index >= 15 is 0 Å². The zero-order valence-corrected chi connectivity index (χ0v) is 8.18. The van der Waals surface area contributed by atoms with Crippen molar-refractivity contribution in [2.24, 2.45) is 11.3 Å². The monoisotopic (exact) mass is 171 g/mol. The third-order valence-corrected chi connectivity index (χ3v) is 2.67. The van der Waals surface area contributed by atoms with Gasteiger partial charge in [-0.3, -0.25) is 0 Å². The molecule has 0 aliphatic carbocycles. The van der Waals surface area contributed by atoms with Crippen LogP contribution in [0.25, 0.3) is 0 Å². The number of carbonyl (C=O) groups is 1. The fourth-order valence-electron chi connectivity index (χ4n) is 1.27. The molecule has 1 amide bonds. The lowest BCUT2D eigenvalue weighted by Crippen LogP contribution is -2.39. The molecule has 3 nitrogen and oxygen atoms in total. The van der Waals surface area contributed by atoms with E-state index in [1.807, 2.05) is 0 Å². The Bertz CT molecular complexity index is 183. The minimum atomic E-state index is -0.281. The normalized spacial score (nSPS) is 26.3. The number of hydrogen-bond acceptors (Lipinski definition) is 2. The zero-order chi connectivity index (χ0) is 9.35. The van der Waals surface area contributed by atoms with Gasteiger partial charge >= 0.3 is 6.09 Å². The van der Waals surface area contributed by atoms with E-state index in [1.54, 1.807) is 0 Å². The first kappa shape index (κ1) is 9.36. The van der Waals surface area contributed by atoms with Crippen molar-refractivity contribution in [1.82, 2.24) is 5.32 Å². The minimum Gasteiger partial charge on any atom is -0.447 e. The fourth-order valence-corrected chi connectivity index (χ4v) is 1.27. The summed E-state index contributed by atoms with van der Waals surface area (Å²) in [5.74, 6) is 0.434. The molecule has 12 heavy (non-hydrogen) atoms. The molecule has 1 heterocycles. The van der Waals surface area contributed by atoms with E-state index in [-0.39, 0.29) is 17.6 Å². The summed E-state index contributed by atoms with van der Waals surface area (Å²) in [6.07, 6.45) is -0.281. The van der Waals surface area contributed by atoms with Gasteiger partial charge in [0.1, 0.15) is 6.61 Å². The first-order chi connectivity index (χ1) is 5.41. The maximum Gasteiger partial charge on any atom is 0.407 e. The van der Waals surface area contributed by atoms with Crippen LogP contribution in [-0.4, -0.2) is 18.7 Å². The van der Waals surface area contributed by atoms with Gasteiger partial charge in [0.05, 0.1) is 6.04 Å². The van der Waals surface area contributed by atoms with Gasteiger partial charge < -0.3 is 10.1 Å². The molecular formula is C9H17NO2. The molecule has 1 N–H and O–H groups in total. The van der Waals surface area contributed by atoms with Gasteiger partial charge in [-0.1, -0.05) is 27.7 Å². The second kappa shape index (κ2) is 2.96. The van der Waals surface area contributed by atoms with Crippen LogP contribution in [0.4, 0.5) is 4.79 Å². The Hall–Kier alpha value is -0.730. The van der Waals surface area contributed by atoms with E-state index in [9.17, 15) is 4.79 Å². The summed E-state index contributed by atoms with van der Waals surface area (Å²) in [6, 6.07) is 0.178. The van der Waals surface area contributed by atoms with E-state index in [4.69, 9.17) is 4.74 Å². The summed E-state index contributed by atoms with van der Waals surface area (Å²) in [5, 5.41) is 2.80. The Morgan fingerprint density at radius 3 is 2.50 bits per heavy atom. The van der Waals surface area contributed by atoms with Crippen LogP contribution in [0.5, 0.6) is 0 Å². The van der Waals surface area contributed by atoms with Gasteiger partial charge in [-0.25, -0.2) is 4.79 Å². The summed E-state index contributed by atoms with van der Waals surface area (Å²) in [7, 11) is 0. The molecule has 1 rings (SSSR count). The van der Waals surface area contributed by atoms with E-state index < -0.39 is 0 Å². The Morgan fingerprint density at radius 1 is 1.58 bits per heavy atom. The smallest absolute Gasteiger partial charge is 0.407 e. The molecule has 0 spiro atoms. The van der Waals surface area contributed by atoms with Crippen molar-refractivity contribution < 1.29 is 9.53 Å². The highest BCUT2D eigenvalue weighted by Gasteiger charge is 2.33. The van der Waals surface area contributed by atoms with Crippen LogP contribution >= 0.6 is 0 Å². The molecule has 2 unspecified atom stereocenters. The molecule has 3 heteroatoms. The van der Waals surface area contributed by atoms with E-state index in [0.29, 0.717) is 12.5 Å². The van der Waals surface area contributed by atoms with Crippen LogP contribution in [0, 0.1) is 11.3 Å². The Balaban J connectivity index is 2.54. The molecule has 1 aliphatic heterocycles. The number of nitrogens with one attached hydrogen (secondary N) is 1. The van der Waals surface area contributed by atoms with E-state index in [1.165, 1.54) is 0 Å². The molecule has 0 radical (unpaired) electrons. The lowest BCUT2D eigenvalue weighted by atomic mass is 9.78. The Labute approximate surface area is 73.5 Å². The lowest BCUT2D eigenvalue weighted by Gasteiger charge is -2.30. The standard InChI is InChI=1S/C9H17NO2/c1-6(9(2,3)4)7-5-12-8(11)10-7/h6-7H,5H2,1-4H3,(H,10,11). The Kier molecular flexibility index (Phi) is 2.31. The van der Waals surface area contributed by atoms with Crippen molar-refractivity contribution in [3.8, 4) is 0 Å². The van der Waals surface area contributed by atoms with Gasteiger partial charge in [0.25, 0.3) is 0 Å². The molecular weight excluding hydrogens is 154 g/mol. The van der Waals surface area contributed by atoms with Gasteiger partial charge in [0.15, 0.2) is 0 Å². The van der Waals surface area contributed by atoms with Crippen LogP contribution in [0.1, 0.15) is 27.7 Å². The lowest BCUT2D eigenvalue weighted by molar-refractivity contribution is 0.165. The molecule has 1 saturated heterocycles. The van der Waals surface area contributed by atoms with Crippen LogP contribution in [0.3, 0.4) is 0 Å². The largest absolute Gasteiger partial charge is 0.447 e. The second-order valence-electron chi connectivity index (χ2n) is 4.50. The number of cyclic esters (lactones) is 1. The molecule has 2 atom stereocenters. The summed E-state index contributed by atoms with van der Waals surface area (Å²) in [4.78, 5) is 10.8. The zero-order valence-electron chi connectivity index (χ0n) is 8.18. The summed E-state index contributed by atoms with van der Waals surface area (Å²) in [5.41, 5.74) is 0.214. The van der Waals surface area contributed by atoms with E-state index in [0.717, 1.165) is 0 Å². The molecule has 1 fully saturated rings. The topological polar surface area (TPSA) is 38.3 Å². The first-order valence-corrected chi connectivity index (χ1v) is 4.34. The highest BCUT2D eigenvalue weighted by molar-refractivity contribution is 5.69. The van der Waals surface area contributed by atoms with Crippen molar-refractivity contribution in [2.75, 3.05) is 6.61 Å². The van der Waals surface area contributed by atoms with Gasteiger partial charge in [0.2, 0.25) is 0 Å². The van der Waals surface area contributed by atoms with Crippen LogP contribution in [-0.2, 0) is 4.74 Å². The van der Waals surface area contributed by atoms with E-state index in [2.05, 4.69) is 33.0 Å². The molecule has 0 saturated carbocycles. The van der Waals surface area contributed by atoms with Crippen LogP contribution in [0.15, 0.2) is 0 Å². The molecule has 0 aromatic heterocycles. The third kappa shape index (κ3) is 1.90. The van der Waals surface area contributed by atoms with Crippen molar-refractivity contribution in [3.63, 3.8) is 0 Å². The van der Waals surface area contributed by atoms with Crippen LogP contribution in [0.2, 0.25) is 0 Å². The summed E-state index contributed by atoms with van der Waals surface area (Å²) < 4.78 is 4.83. The highest BCUT2D eigenvalue weighted by atomic mass is 16.6. The summed E-state index contributed by atoms with van der Waals surface area (Å²) >= 11 is 0. The average Bonchev–Trinajstić information content (AvgIpc) is 2.32. The quantitative estimate of drug-likeness (QED) is 0.653. The number of ether oxygens (including phenoxy) is 1. The second-order valence-corrected chi connectivity index (χ2v) is 4.50. The number of rotatable bonds is 1. The van der Waals surface area contributed by atoms with Crippen molar-refractivity contribution in [3.05, 3.63) is 0 Å². The number of alkyl carbamates (subject to hydrolysis) is 1. The molecule has 0 aromatic carbocycles. The van der Waals surface area contributed by atoms with Crippen molar-refractivity contribution in [2.45, 2.75) is 33.7 Å². The first-order valence-electron chi connectivity index (χ1n) is 4.34. The SMILES string of the molecule is CC(C1COC(=O)N1)C(C)(C)C. The maximum absolute atomic E-state index is 10.8. The average molecular weight is 171 g/mol. The number of carbonyl (C=O) groups excluding carboxylic acids is 1. The van der Waals surface area contributed by atoms with Gasteiger partial charge in [-0.05, 0) is 11.3 Å².